The molecule has 0 aliphatic heterocycles. The molecule has 0 bridgehead atoms. The second kappa shape index (κ2) is 5.01. The molecule has 12 heavy (non-hydrogen) atoms. The van der Waals surface area contributed by atoms with E-state index < -0.39 is 0 Å². The molecule has 2 nitrogen and oxygen atoms in total. The smallest absolute Gasteiger partial charge is 0.117 e. The van der Waals surface area contributed by atoms with Crippen molar-refractivity contribution in [2.75, 3.05) is 6.54 Å². The van der Waals surface area contributed by atoms with Crippen LogP contribution < -0.4 is 5.32 Å². The van der Waals surface area contributed by atoms with E-state index in [1.807, 2.05) is 25.1 Å². The van der Waals surface area contributed by atoms with Crippen LogP contribution in [0.1, 0.15) is 12.7 Å². The minimum atomic E-state index is 0.744. The molecule has 1 aromatic rings. The van der Waals surface area contributed by atoms with Crippen molar-refractivity contribution in [1.29, 1.82) is 0 Å². The van der Waals surface area contributed by atoms with Gasteiger partial charge in [-0.1, -0.05) is 17.7 Å². The van der Waals surface area contributed by atoms with Gasteiger partial charge >= 0.3 is 0 Å². The van der Waals surface area contributed by atoms with Gasteiger partial charge in [-0.3, -0.25) is 0 Å². The number of allylic oxidation sites excluding steroid dienone is 1. The van der Waals surface area contributed by atoms with E-state index in [-0.39, 0.29) is 0 Å². The van der Waals surface area contributed by atoms with Crippen LogP contribution in [0, 0.1) is 0 Å². The highest BCUT2D eigenvalue weighted by atomic mass is 35.5. The summed E-state index contributed by atoms with van der Waals surface area (Å²) in [5, 5.41) is 3.97. The van der Waals surface area contributed by atoms with E-state index in [2.05, 4.69) is 5.32 Å². The third-order valence-corrected chi connectivity index (χ3v) is 1.56. The standard InChI is InChI=1S/C9H12ClNO/c1-8(10)4-5-11-7-9-3-2-6-12-9/h2-4,6,11H,5,7H2,1H3. The Morgan fingerprint density at radius 2 is 2.58 bits per heavy atom. The lowest BCUT2D eigenvalue weighted by molar-refractivity contribution is 0.490. The van der Waals surface area contributed by atoms with Gasteiger partial charge in [-0.05, 0) is 19.1 Å². The predicted octanol–water partition coefficient (Wildman–Crippen LogP) is 2.51. The summed E-state index contributed by atoms with van der Waals surface area (Å²) in [4.78, 5) is 0. The minimum Gasteiger partial charge on any atom is -0.468 e. The van der Waals surface area contributed by atoms with Gasteiger partial charge in [0, 0.05) is 11.6 Å². The molecule has 0 aliphatic carbocycles. The second-order valence-corrected chi connectivity index (χ2v) is 3.10. The average molecular weight is 186 g/mol. The molecule has 0 unspecified atom stereocenters. The molecule has 1 aromatic heterocycles. The van der Waals surface area contributed by atoms with Gasteiger partial charge in [-0.25, -0.2) is 0 Å². The highest BCUT2D eigenvalue weighted by Crippen LogP contribution is 1.99. The summed E-state index contributed by atoms with van der Waals surface area (Å²) in [6, 6.07) is 3.81. The Bertz CT molecular complexity index is 237. The van der Waals surface area contributed by atoms with Crippen molar-refractivity contribution in [3.8, 4) is 0 Å². The summed E-state index contributed by atoms with van der Waals surface area (Å²) in [5.74, 6) is 0.940. The third kappa shape index (κ3) is 3.60. The molecule has 0 radical (unpaired) electrons. The summed E-state index contributed by atoms with van der Waals surface area (Å²) in [6.45, 7) is 3.37. The molecule has 0 atom stereocenters. The molecule has 0 aromatic carbocycles. The molecule has 0 amide bonds. The van der Waals surface area contributed by atoms with Gasteiger partial charge in [0.05, 0.1) is 12.8 Å². The Morgan fingerprint density at radius 3 is 3.17 bits per heavy atom. The maximum atomic E-state index is 5.64. The fraction of sp³-hybridized carbons (Fsp3) is 0.333. The van der Waals surface area contributed by atoms with Crippen LogP contribution in [-0.2, 0) is 6.54 Å². The summed E-state index contributed by atoms with van der Waals surface area (Å²) < 4.78 is 5.12. The third-order valence-electron chi connectivity index (χ3n) is 1.41. The van der Waals surface area contributed by atoms with Crippen LogP contribution in [-0.4, -0.2) is 6.54 Å². The normalized spacial score (nSPS) is 12.0. The molecule has 1 heterocycles. The number of hydrogen-bond acceptors (Lipinski definition) is 2. The highest BCUT2D eigenvalue weighted by molar-refractivity contribution is 6.29. The van der Waals surface area contributed by atoms with Gasteiger partial charge in [-0.15, -0.1) is 0 Å². The lowest BCUT2D eigenvalue weighted by atomic mass is 10.4. The maximum Gasteiger partial charge on any atom is 0.117 e. The number of hydrogen-bond donors (Lipinski definition) is 1. The van der Waals surface area contributed by atoms with Crippen molar-refractivity contribution >= 4 is 11.6 Å². The Kier molecular flexibility index (Phi) is 3.91. The van der Waals surface area contributed by atoms with E-state index in [1.54, 1.807) is 6.26 Å². The Labute approximate surface area is 77.2 Å². The summed E-state index contributed by atoms with van der Waals surface area (Å²) in [5.41, 5.74) is 0. The van der Waals surface area contributed by atoms with Crippen LogP contribution >= 0.6 is 11.6 Å². The van der Waals surface area contributed by atoms with Crippen molar-refractivity contribution < 1.29 is 4.42 Å². The number of furan rings is 1. The van der Waals surface area contributed by atoms with Crippen LogP contribution in [0.3, 0.4) is 0 Å². The van der Waals surface area contributed by atoms with E-state index in [1.165, 1.54) is 0 Å². The molecule has 0 aliphatic rings. The zero-order valence-corrected chi connectivity index (χ0v) is 7.77. The van der Waals surface area contributed by atoms with E-state index in [0.717, 1.165) is 23.9 Å². The van der Waals surface area contributed by atoms with Gasteiger partial charge in [0.15, 0.2) is 0 Å². The van der Waals surface area contributed by atoms with Crippen LogP contribution in [0.2, 0.25) is 0 Å². The van der Waals surface area contributed by atoms with Gasteiger partial charge in [0.25, 0.3) is 0 Å². The monoisotopic (exact) mass is 185 g/mol. The highest BCUT2D eigenvalue weighted by Gasteiger charge is 1.91. The maximum absolute atomic E-state index is 5.64. The zero-order chi connectivity index (χ0) is 8.81. The first kappa shape index (κ1) is 9.36. The van der Waals surface area contributed by atoms with Crippen molar-refractivity contribution in [3.63, 3.8) is 0 Å². The molecular formula is C9H12ClNO. The van der Waals surface area contributed by atoms with Crippen LogP contribution in [0.4, 0.5) is 0 Å². The first-order chi connectivity index (χ1) is 5.79. The number of halogens is 1. The van der Waals surface area contributed by atoms with Crippen LogP contribution in [0.15, 0.2) is 33.9 Å². The largest absolute Gasteiger partial charge is 0.468 e. The van der Waals surface area contributed by atoms with Gasteiger partial charge < -0.3 is 9.73 Å². The Hall–Kier alpha value is -0.730. The first-order valence-corrected chi connectivity index (χ1v) is 4.22. The Morgan fingerprint density at radius 1 is 1.75 bits per heavy atom. The van der Waals surface area contributed by atoms with Crippen molar-refractivity contribution in [2.24, 2.45) is 0 Å². The molecule has 0 fully saturated rings. The molecule has 1 rings (SSSR count). The lowest BCUT2D eigenvalue weighted by Crippen LogP contribution is -2.12. The van der Waals surface area contributed by atoms with Crippen LogP contribution in [0.5, 0.6) is 0 Å². The van der Waals surface area contributed by atoms with E-state index in [4.69, 9.17) is 16.0 Å². The lowest BCUT2D eigenvalue weighted by Gasteiger charge is -1.97. The fourth-order valence-electron chi connectivity index (χ4n) is 0.821. The Balaban J connectivity index is 2.16. The zero-order valence-electron chi connectivity index (χ0n) is 7.01. The molecule has 66 valence electrons. The topological polar surface area (TPSA) is 25.2 Å². The van der Waals surface area contributed by atoms with E-state index >= 15 is 0 Å². The molecule has 0 spiro atoms. The summed E-state index contributed by atoms with van der Waals surface area (Å²) in [6.07, 6.45) is 3.59. The van der Waals surface area contributed by atoms with E-state index in [9.17, 15) is 0 Å². The predicted molar refractivity (Wildman–Crippen MR) is 50.0 cm³/mol. The SMILES string of the molecule is CC(Cl)=CCNCc1ccco1. The minimum absolute atomic E-state index is 0.744. The van der Waals surface area contributed by atoms with Crippen molar-refractivity contribution in [3.05, 3.63) is 35.3 Å². The molecule has 0 saturated carbocycles. The summed E-state index contributed by atoms with van der Waals surface area (Å²) >= 11 is 5.64. The number of nitrogens with one attached hydrogen (secondary N) is 1. The molecule has 0 saturated heterocycles. The molecule has 3 heteroatoms. The molecular weight excluding hydrogens is 174 g/mol. The fourth-order valence-corrected chi connectivity index (χ4v) is 0.898. The quantitative estimate of drug-likeness (QED) is 0.730. The number of rotatable bonds is 4. The average Bonchev–Trinajstić information content (AvgIpc) is 2.49. The van der Waals surface area contributed by atoms with E-state index in [0.29, 0.717) is 0 Å². The van der Waals surface area contributed by atoms with Gasteiger partial charge in [0.2, 0.25) is 0 Å². The van der Waals surface area contributed by atoms with Crippen molar-refractivity contribution in [2.45, 2.75) is 13.5 Å². The van der Waals surface area contributed by atoms with Crippen molar-refractivity contribution in [1.82, 2.24) is 5.32 Å². The molecule has 1 N–H and O–H groups in total. The van der Waals surface area contributed by atoms with Gasteiger partial charge in [-0.2, -0.15) is 0 Å². The first-order valence-electron chi connectivity index (χ1n) is 3.84. The van der Waals surface area contributed by atoms with Crippen LogP contribution in [0.25, 0.3) is 0 Å². The van der Waals surface area contributed by atoms with Gasteiger partial charge in [0.1, 0.15) is 5.76 Å². The second-order valence-electron chi connectivity index (χ2n) is 2.50. The summed E-state index contributed by atoms with van der Waals surface area (Å²) in [7, 11) is 0.